The summed E-state index contributed by atoms with van der Waals surface area (Å²) >= 11 is 0. The van der Waals surface area contributed by atoms with E-state index in [-0.39, 0.29) is 11.9 Å². The van der Waals surface area contributed by atoms with Crippen molar-refractivity contribution in [3.63, 3.8) is 0 Å². The summed E-state index contributed by atoms with van der Waals surface area (Å²) in [6.07, 6.45) is 5.17. The van der Waals surface area contributed by atoms with Gasteiger partial charge >= 0.3 is 5.97 Å². The lowest BCUT2D eigenvalue weighted by Gasteiger charge is -2.26. The molecule has 0 bridgehead atoms. The SMILES string of the molecule is CC(CN(C)C1CCCC1)C(=O)OCc1ccccc1. The summed E-state index contributed by atoms with van der Waals surface area (Å²) in [5.74, 6) is -0.164. The highest BCUT2D eigenvalue weighted by atomic mass is 16.5. The molecule has 110 valence electrons. The second kappa shape index (κ2) is 7.44. The van der Waals surface area contributed by atoms with Crippen molar-refractivity contribution in [3.8, 4) is 0 Å². The Morgan fingerprint density at radius 1 is 1.30 bits per heavy atom. The third-order valence-electron chi connectivity index (χ3n) is 4.14. The summed E-state index contributed by atoms with van der Waals surface area (Å²) in [6, 6.07) is 10.5. The van der Waals surface area contributed by atoms with Gasteiger partial charge in [0.05, 0.1) is 5.92 Å². The van der Waals surface area contributed by atoms with Gasteiger partial charge in [-0.25, -0.2) is 0 Å². The van der Waals surface area contributed by atoms with E-state index < -0.39 is 0 Å². The average molecular weight is 275 g/mol. The number of ether oxygens (including phenoxy) is 1. The minimum Gasteiger partial charge on any atom is -0.461 e. The van der Waals surface area contributed by atoms with Crippen LogP contribution in [0.15, 0.2) is 30.3 Å². The second-order valence-electron chi connectivity index (χ2n) is 5.87. The summed E-state index contributed by atoms with van der Waals surface area (Å²) in [7, 11) is 2.12. The van der Waals surface area contributed by atoms with Crippen LogP contribution in [-0.4, -0.2) is 30.5 Å². The molecule has 3 heteroatoms. The van der Waals surface area contributed by atoms with Gasteiger partial charge < -0.3 is 9.64 Å². The van der Waals surface area contributed by atoms with Crippen molar-refractivity contribution in [2.24, 2.45) is 5.92 Å². The molecule has 0 radical (unpaired) electrons. The summed E-state index contributed by atoms with van der Waals surface area (Å²) in [5, 5.41) is 0. The van der Waals surface area contributed by atoms with E-state index in [0.717, 1.165) is 12.1 Å². The molecule has 1 unspecified atom stereocenters. The van der Waals surface area contributed by atoms with Gasteiger partial charge in [0.2, 0.25) is 0 Å². The first kappa shape index (κ1) is 15.0. The van der Waals surface area contributed by atoms with Crippen molar-refractivity contribution >= 4 is 5.97 Å². The van der Waals surface area contributed by atoms with Crippen LogP contribution in [0.25, 0.3) is 0 Å². The fourth-order valence-electron chi connectivity index (χ4n) is 2.87. The maximum atomic E-state index is 12.0. The molecule has 0 spiro atoms. The lowest BCUT2D eigenvalue weighted by atomic mass is 10.1. The normalized spacial score (nSPS) is 17.4. The molecular weight excluding hydrogens is 250 g/mol. The summed E-state index contributed by atoms with van der Waals surface area (Å²) < 4.78 is 5.39. The van der Waals surface area contributed by atoms with Crippen molar-refractivity contribution in [2.75, 3.05) is 13.6 Å². The predicted octanol–water partition coefficient (Wildman–Crippen LogP) is 3.24. The minimum atomic E-state index is -0.0984. The molecule has 0 saturated heterocycles. The van der Waals surface area contributed by atoms with E-state index in [2.05, 4.69) is 11.9 Å². The number of rotatable bonds is 6. The molecule has 0 aliphatic heterocycles. The number of esters is 1. The molecule has 2 rings (SSSR count). The number of nitrogens with zero attached hydrogens (tertiary/aromatic N) is 1. The Labute approximate surface area is 121 Å². The lowest BCUT2D eigenvalue weighted by Crippen LogP contribution is -2.35. The molecule has 0 heterocycles. The third-order valence-corrected chi connectivity index (χ3v) is 4.14. The molecule has 20 heavy (non-hydrogen) atoms. The monoisotopic (exact) mass is 275 g/mol. The molecular formula is C17H25NO2. The van der Waals surface area contributed by atoms with Crippen molar-refractivity contribution < 1.29 is 9.53 Å². The Morgan fingerprint density at radius 2 is 1.95 bits per heavy atom. The highest BCUT2D eigenvalue weighted by Gasteiger charge is 2.23. The maximum absolute atomic E-state index is 12.0. The zero-order valence-electron chi connectivity index (χ0n) is 12.5. The molecule has 1 saturated carbocycles. The second-order valence-corrected chi connectivity index (χ2v) is 5.87. The Kier molecular flexibility index (Phi) is 5.60. The molecule has 1 atom stereocenters. The standard InChI is InChI=1S/C17H25NO2/c1-14(12-18(2)16-10-6-7-11-16)17(19)20-13-15-8-4-3-5-9-15/h3-5,8-9,14,16H,6-7,10-13H2,1-2H3. The fourth-order valence-corrected chi connectivity index (χ4v) is 2.87. The van der Waals surface area contributed by atoms with E-state index in [1.165, 1.54) is 25.7 Å². The minimum absolute atomic E-state index is 0.0655. The van der Waals surface area contributed by atoms with Crippen LogP contribution in [0.1, 0.15) is 38.2 Å². The molecule has 1 aliphatic carbocycles. The number of hydrogen-bond donors (Lipinski definition) is 0. The van der Waals surface area contributed by atoms with Crippen LogP contribution < -0.4 is 0 Å². The molecule has 1 aromatic carbocycles. The zero-order chi connectivity index (χ0) is 14.4. The fraction of sp³-hybridized carbons (Fsp3) is 0.588. The van der Waals surface area contributed by atoms with E-state index in [4.69, 9.17) is 4.74 Å². The Hall–Kier alpha value is -1.35. The Morgan fingerprint density at radius 3 is 2.60 bits per heavy atom. The third kappa shape index (κ3) is 4.34. The topological polar surface area (TPSA) is 29.5 Å². The van der Waals surface area contributed by atoms with Crippen LogP contribution in [0, 0.1) is 5.92 Å². The number of benzene rings is 1. The van der Waals surface area contributed by atoms with Gasteiger partial charge in [-0.05, 0) is 25.5 Å². The van der Waals surface area contributed by atoms with Crippen LogP contribution in [0.2, 0.25) is 0 Å². The molecule has 1 fully saturated rings. The van der Waals surface area contributed by atoms with Gasteiger partial charge in [-0.1, -0.05) is 50.1 Å². The first-order valence-electron chi connectivity index (χ1n) is 7.57. The number of carbonyl (C=O) groups excluding carboxylic acids is 1. The van der Waals surface area contributed by atoms with Gasteiger partial charge in [-0.3, -0.25) is 4.79 Å². The van der Waals surface area contributed by atoms with Crippen molar-refractivity contribution in [2.45, 2.75) is 45.3 Å². The van der Waals surface area contributed by atoms with Gasteiger partial charge in [0.1, 0.15) is 6.61 Å². The van der Waals surface area contributed by atoms with E-state index in [0.29, 0.717) is 12.6 Å². The van der Waals surface area contributed by atoms with E-state index in [1.54, 1.807) is 0 Å². The van der Waals surface area contributed by atoms with Crippen molar-refractivity contribution in [3.05, 3.63) is 35.9 Å². The lowest BCUT2D eigenvalue weighted by molar-refractivity contribution is -0.150. The molecule has 1 aliphatic rings. The van der Waals surface area contributed by atoms with Gasteiger partial charge in [-0.2, -0.15) is 0 Å². The molecule has 3 nitrogen and oxygen atoms in total. The van der Waals surface area contributed by atoms with Crippen LogP contribution >= 0.6 is 0 Å². The largest absolute Gasteiger partial charge is 0.461 e. The molecule has 0 N–H and O–H groups in total. The molecule has 1 aromatic rings. The van der Waals surface area contributed by atoms with E-state index >= 15 is 0 Å². The van der Waals surface area contributed by atoms with Gasteiger partial charge in [0.15, 0.2) is 0 Å². The smallest absolute Gasteiger partial charge is 0.310 e. The van der Waals surface area contributed by atoms with Gasteiger partial charge in [-0.15, -0.1) is 0 Å². The highest BCUT2D eigenvalue weighted by molar-refractivity contribution is 5.72. The summed E-state index contributed by atoms with van der Waals surface area (Å²) in [6.45, 7) is 3.12. The van der Waals surface area contributed by atoms with Crippen molar-refractivity contribution in [1.82, 2.24) is 4.90 Å². The van der Waals surface area contributed by atoms with Crippen LogP contribution in [0.4, 0.5) is 0 Å². The summed E-state index contributed by atoms with van der Waals surface area (Å²) in [4.78, 5) is 14.3. The Balaban J connectivity index is 1.74. The number of hydrogen-bond acceptors (Lipinski definition) is 3. The predicted molar refractivity (Wildman–Crippen MR) is 80.3 cm³/mol. The zero-order valence-corrected chi connectivity index (χ0v) is 12.5. The molecule has 0 aromatic heterocycles. The van der Waals surface area contributed by atoms with Crippen LogP contribution in [0.3, 0.4) is 0 Å². The first-order valence-corrected chi connectivity index (χ1v) is 7.57. The van der Waals surface area contributed by atoms with Crippen molar-refractivity contribution in [1.29, 1.82) is 0 Å². The van der Waals surface area contributed by atoms with Gasteiger partial charge in [0, 0.05) is 12.6 Å². The highest BCUT2D eigenvalue weighted by Crippen LogP contribution is 2.23. The van der Waals surface area contributed by atoms with Crippen LogP contribution in [-0.2, 0) is 16.1 Å². The Bertz CT molecular complexity index is 412. The van der Waals surface area contributed by atoms with Gasteiger partial charge in [0.25, 0.3) is 0 Å². The maximum Gasteiger partial charge on any atom is 0.310 e. The quantitative estimate of drug-likeness (QED) is 0.746. The molecule has 0 amide bonds. The number of carbonyl (C=O) groups is 1. The first-order chi connectivity index (χ1) is 9.66. The average Bonchev–Trinajstić information content (AvgIpc) is 3.00. The summed E-state index contributed by atoms with van der Waals surface area (Å²) in [5.41, 5.74) is 1.04. The van der Waals surface area contributed by atoms with E-state index in [9.17, 15) is 4.79 Å². The van der Waals surface area contributed by atoms with E-state index in [1.807, 2.05) is 37.3 Å². The van der Waals surface area contributed by atoms with Crippen LogP contribution in [0.5, 0.6) is 0 Å².